The van der Waals surface area contributed by atoms with E-state index in [0.29, 0.717) is 12.2 Å². The van der Waals surface area contributed by atoms with Gasteiger partial charge in [-0.25, -0.2) is 4.98 Å². The van der Waals surface area contributed by atoms with Crippen molar-refractivity contribution in [2.24, 2.45) is 0 Å². The Morgan fingerprint density at radius 1 is 1.36 bits per heavy atom. The molecule has 0 radical (unpaired) electrons. The number of hydrogen-bond donors (Lipinski definition) is 2. The minimum atomic E-state index is 0.0663. The molecule has 0 spiro atoms. The van der Waals surface area contributed by atoms with Gasteiger partial charge in [0.1, 0.15) is 11.6 Å². The predicted molar refractivity (Wildman–Crippen MR) is 80.3 cm³/mol. The van der Waals surface area contributed by atoms with Crippen LogP contribution >= 0.6 is 0 Å². The molecule has 1 aliphatic rings. The van der Waals surface area contributed by atoms with Crippen LogP contribution < -0.4 is 0 Å². The molecule has 0 amide bonds. The number of rotatable bonds is 4. The highest BCUT2D eigenvalue weighted by Crippen LogP contribution is 2.33. The SMILES string of the molecule is CO[C@@H]1C[C@@H](c2n[nH]c(C)n2)N(Cc2nc(C)ccc2O)C1. The Morgan fingerprint density at radius 3 is 2.86 bits per heavy atom. The topological polar surface area (TPSA) is 87.2 Å². The summed E-state index contributed by atoms with van der Waals surface area (Å²) in [5, 5.41) is 17.2. The van der Waals surface area contributed by atoms with Crippen LogP contribution in [0.4, 0.5) is 0 Å². The Kier molecular flexibility index (Phi) is 4.08. The number of hydrogen-bond acceptors (Lipinski definition) is 6. The summed E-state index contributed by atoms with van der Waals surface area (Å²) >= 11 is 0. The van der Waals surface area contributed by atoms with Gasteiger partial charge in [0.25, 0.3) is 0 Å². The zero-order valence-corrected chi connectivity index (χ0v) is 13.1. The number of pyridine rings is 1. The number of likely N-dealkylation sites (tertiary alicyclic amines) is 1. The summed E-state index contributed by atoms with van der Waals surface area (Å²) in [6.45, 7) is 5.12. The van der Waals surface area contributed by atoms with E-state index >= 15 is 0 Å². The molecular weight excluding hydrogens is 282 g/mol. The van der Waals surface area contributed by atoms with E-state index in [-0.39, 0.29) is 17.9 Å². The second kappa shape index (κ2) is 6.02. The summed E-state index contributed by atoms with van der Waals surface area (Å²) in [5.41, 5.74) is 1.56. The van der Waals surface area contributed by atoms with Crippen LogP contribution in [-0.4, -0.2) is 49.9 Å². The highest BCUT2D eigenvalue weighted by atomic mass is 16.5. The van der Waals surface area contributed by atoms with Gasteiger partial charge in [0, 0.05) is 25.9 Å². The van der Waals surface area contributed by atoms with Crippen molar-refractivity contribution in [3.63, 3.8) is 0 Å². The van der Waals surface area contributed by atoms with Gasteiger partial charge < -0.3 is 9.84 Å². The molecule has 7 nitrogen and oxygen atoms in total. The van der Waals surface area contributed by atoms with Crippen molar-refractivity contribution in [3.05, 3.63) is 35.2 Å². The highest BCUT2D eigenvalue weighted by molar-refractivity contribution is 5.27. The van der Waals surface area contributed by atoms with Gasteiger partial charge in [-0.15, -0.1) is 0 Å². The number of aromatic nitrogens is 4. The van der Waals surface area contributed by atoms with E-state index in [1.165, 1.54) is 0 Å². The first-order valence-electron chi connectivity index (χ1n) is 7.38. The summed E-state index contributed by atoms with van der Waals surface area (Å²) in [6.07, 6.45) is 0.969. The third-order valence-electron chi connectivity index (χ3n) is 4.05. The Balaban J connectivity index is 1.84. The van der Waals surface area contributed by atoms with Crippen LogP contribution in [0.2, 0.25) is 0 Å². The van der Waals surface area contributed by atoms with E-state index in [9.17, 15) is 5.11 Å². The van der Waals surface area contributed by atoms with Crippen molar-refractivity contribution in [1.82, 2.24) is 25.1 Å². The van der Waals surface area contributed by atoms with E-state index in [4.69, 9.17) is 4.74 Å². The Labute approximate surface area is 129 Å². The lowest BCUT2D eigenvalue weighted by Crippen LogP contribution is -2.26. The smallest absolute Gasteiger partial charge is 0.167 e. The third kappa shape index (κ3) is 2.95. The summed E-state index contributed by atoms with van der Waals surface area (Å²) in [6, 6.07) is 3.56. The van der Waals surface area contributed by atoms with Gasteiger partial charge in [-0.2, -0.15) is 5.10 Å². The molecule has 1 saturated heterocycles. The molecule has 1 fully saturated rings. The van der Waals surface area contributed by atoms with Crippen LogP contribution in [0.25, 0.3) is 0 Å². The molecule has 2 aromatic heterocycles. The minimum absolute atomic E-state index is 0.0663. The number of H-pyrrole nitrogens is 1. The number of aromatic hydroxyl groups is 1. The van der Waals surface area contributed by atoms with Crippen LogP contribution in [-0.2, 0) is 11.3 Å². The van der Waals surface area contributed by atoms with Gasteiger partial charge in [-0.3, -0.25) is 15.0 Å². The average molecular weight is 303 g/mol. The highest BCUT2D eigenvalue weighted by Gasteiger charge is 2.36. The molecule has 7 heteroatoms. The van der Waals surface area contributed by atoms with E-state index in [2.05, 4.69) is 25.1 Å². The first-order chi connectivity index (χ1) is 10.6. The molecule has 1 aliphatic heterocycles. The molecule has 2 aromatic rings. The van der Waals surface area contributed by atoms with Gasteiger partial charge in [0.05, 0.1) is 17.8 Å². The number of aromatic amines is 1. The second-order valence-corrected chi connectivity index (χ2v) is 5.74. The van der Waals surface area contributed by atoms with Gasteiger partial charge in [0.15, 0.2) is 5.82 Å². The normalized spacial score (nSPS) is 22.3. The molecule has 0 aromatic carbocycles. The van der Waals surface area contributed by atoms with E-state index in [1.807, 2.05) is 13.8 Å². The average Bonchev–Trinajstić information content (AvgIpc) is 3.09. The first kappa shape index (κ1) is 14.9. The van der Waals surface area contributed by atoms with Crippen molar-refractivity contribution >= 4 is 0 Å². The fourth-order valence-corrected chi connectivity index (χ4v) is 2.90. The van der Waals surface area contributed by atoms with Crippen molar-refractivity contribution < 1.29 is 9.84 Å². The third-order valence-corrected chi connectivity index (χ3v) is 4.05. The Bertz CT molecular complexity index is 657. The number of nitrogens with zero attached hydrogens (tertiary/aromatic N) is 4. The maximum Gasteiger partial charge on any atom is 0.167 e. The molecule has 2 atom stereocenters. The lowest BCUT2D eigenvalue weighted by atomic mass is 10.2. The zero-order chi connectivity index (χ0) is 15.7. The molecule has 22 heavy (non-hydrogen) atoms. The summed E-state index contributed by atoms with van der Waals surface area (Å²) in [4.78, 5) is 11.1. The number of methoxy groups -OCH3 is 1. The van der Waals surface area contributed by atoms with Crippen LogP contribution in [0.5, 0.6) is 5.75 Å². The number of nitrogens with one attached hydrogen (secondary N) is 1. The Hall–Kier alpha value is -1.99. The fourth-order valence-electron chi connectivity index (χ4n) is 2.90. The molecular formula is C15H21N5O2. The quantitative estimate of drug-likeness (QED) is 0.889. The van der Waals surface area contributed by atoms with Crippen LogP contribution in [0.1, 0.15) is 35.5 Å². The summed E-state index contributed by atoms with van der Waals surface area (Å²) in [5.74, 6) is 1.79. The number of aryl methyl sites for hydroxylation is 2. The molecule has 2 N–H and O–H groups in total. The van der Waals surface area contributed by atoms with E-state index in [0.717, 1.165) is 30.3 Å². The molecule has 3 rings (SSSR count). The molecule has 0 saturated carbocycles. The molecule has 0 bridgehead atoms. The Morgan fingerprint density at radius 2 is 2.18 bits per heavy atom. The second-order valence-electron chi connectivity index (χ2n) is 5.74. The zero-order valence-electron chi connectivity index (χ0n) is 13.1. The van der Waals surface area contributed by atoms with Crippen molar-refractivity contribution in [2.45, 2.75) is 39.0 Å². The van der Waals surface area contributed by atoms with Crippen LogP contribution in [0.15, 0.2) is 12.1 Å². The monoisotopic (exact) mass is 303 g/mol. The summed E-state index contributed by atoms with van der Waals surface area (Å²) < 4.78 is 5.50. The van der Waals surface area contributed by atoms with Crippen LogP contribution in [0.3, 0.4) is 0 Å². The largest absolute Gasteiger partial charge is 0.506 e. The lowest BCUT2D eigenvalue weighted by Gasteiger charge is -2.21. The molecule has 0 unspecified atom stereocenters. The van der Waals surface area contributed by atoms with E-state index < -0.39 is 0 Å². The molecule has 0 aliphatic carbocycles. The van der Waals surface area contributed by atoms with Gasteiger partial charge in [-0.05, 0) is 32.4 Å². The maximum atomic E-state index is 10.0. The summed E-state index contributed by atoms with van der Waals surface area (Å²) in [7, 11) is 1.72. The standard InChI is InChI=1S/C15H21N5O2/c1-9-4-5-14(21)12(16-9)8-20-7-11(22-3)6-13(20)15-17-10(2)18-19-15/h4-5,11,13,21H,6-8H2,1-3H3,(H,17,18,19)/t11-,13+/m1/s1. The molecule has 118 valence electrons. The number of ether oxygens (including phenoxy) is 1. The fraction of sp³-hybridized carbons (Fsp3) is 0.533. The molecule has 3 heterocycles. The minimum Gasteiger partial charge on any atom is -0.506 e. The van der Waals surface area contributed by atoms with Crippen LogP contribution in [0, 0.1) is 13.8 Å². The maximum absolute atomic E-state index is 10.0. The predicted octanol–water partition coefficient (Wildman–Crippen LogP) is 1.48. The van der Waals surface area contributed by atoms with Crippen molar-refractivity contribution in [1.29, 1.82) is 0 Å². The van der Waals surface area contributed by atoms with Gasteiger partial charge >= 0.3 is 0 Å². The van der Waals surface area contributed by atoms with Crippen molar-refractivity contribution in [3.8, 4) is 5.75 Å². The lowest BCUT2D eigenvalue weighted by molar-refractivity contribution is 0.107. The van der Waals surface area contributed by atoms with Crippen molar-refractivity contribution in [2.75, 3.05) is 13.7 Å². The van der Waals surface area contributed by atoms with Gasteiger partial charge in [0.2, 0.25) is 0 Å². The van der Waals surface area contributed by atoms with Gasteiger partial charge in [-0.1, -0.05) is 0 Å². The van der Waals surface area contributed by atoms with E-state index in [1.54, 1.807) is 19.2 Å². The first-order valence-corrected chi connectivity index (χ1v) is 7.38.